The molecule has 96 valence electrons. The summed E-state index contributed by atoms with van der Waals surface area (Å²) >= 11 is 0. The van der Waals surface area contributed by atoms with Crippen LogP contribution in [0.15, 0.2) is 16.5 Å². The molecule has 1 aromatic heterocycles. The number of nitrogens with zero attached hydrogens (tertiary/aromatic N) is 1. The summed E-state index contributed by atoms with van der Waals surface area (Å²) in [7, 11) is 0. The van der Waals surface area contributed by atoms with Crippen LogP contribution in [-0.4, -0.2) is 18.1 Å². The maximum atomic E-state index is 5.65. The maximum absolute atomic E-state index is 5.65. The number of halogens is 1. The van der Waals surface area contributed by atoms with Gasteiger partial charge in [0.1, 0.15) is 5.52 Å². The SMILES string of the molecule is Cc1nc2cc3c(cc2o1)C1CCC3CNC1.Cl. The third-order valence-corrected chi connectivity index (χ3v) is 4.22. The van der Waals surface area contributed by atoms with Crippen molar-refractivity contribution in [2.24, 2.45) is 0 Å². The van der Waals surface area contributed by atoms with Gasteiger partial charge in [0.2, 0.25) is 0 Å². The molecule has 0 radical (unpaired) electrons. The van der Waals surface area contributed by atoms with Crippen LogP contribution in [0.25, 0.3) is 11.1 Å². The highest BCUT2D eigenvalue weighted by molar-refractivity contribution is 5.85. The summed E-state index contributed by atoms with van der Waals surface area (Å²) in [5.41, 5.74) is 4.98. The second-order valence-electron chi connectivity index (χ2n) is 5.31. The molecule has 18 heavy (non-hydrogen) atoms. The number of hydrogen-bond donors (Lipinski definition) is 1. The molecule has 0 amide bonds. The van der Waals surface area contributed by atoms with Gasteiger partial charge in [-0.1, -0.05) is 0 Å². The Kier molecular flexibility index (Phi) is 2.83. The fourth-order valence-corrected chi connectivity index (χ4v) is 3.40. The van der Waals surface area contributed by atoms with E-state index in [4.69, 9.17) is 4.42 Å². The average Bonchev–Trinajstić information content (AvgIpc) is 2.52. The number of aryl methyl sites for hydroxylation is 1. The first kappa shape index (κ1) is 12.0. The fraction of sp³-hybridized carbons (Fsp3) is 0.500. The zero-order chi connectivity index (χ0) is 11.4. The van der Waals surface area contributed by atoms with Gasteiger partial charge >= 0.3 is 0 Å². The van der Waals surface area contributed by atoms with Crippen LogP contribution in [0.2, 0.25) is 0 Å². The molecule has 1 saturated heterocycles. The molecule has 1 aromatic carbocycles. The summed E-state index contributed by atoms with van der Waals surface area (Å²) in [5, 5.41) is 3.56. The van der Waals surface area contributed by atoms with Crippen LogP contribution in [0.5, 0.6) is 0 Å². The lowest BCUT2D eigenvalue weighted by Gasteiger charge is -2.26. The van der Waals surface area contributed by atoms with Crippen LogP contribution in [0.4, 0.5) is 0 Å². The topological polar surface area (TPSA) is 38.1 Å². The Hall–Kier alpha value is -1.06. The molecule has 3 aliphatic rings. The van der Waals surface area contributed by atoms with E-state index in [0.29, 0.717) is 11.8 Å². The molecular weight excluding hydrogens is 248 g/mol. The smallest absolute Gasteiger partial charge is 0.192 e. The number of fused-ring (bicyclic) bond motifs is 4. The maximum Gasteiger partial charge on any atom is 0.192 e. The Morgan fingerprint density at radius 2 is 1.83 bits per heavy atom. The van der Waals surface area contributed by atoms with E-state index in [-0.39, 0.29) is 12.4 Å². The monoisotopic (exact) mass is 264 g/mol. The zero-order valence-corrected chi connectivity index (χ0v) is 11.2. The molecule has 1 fully saturated rings. The average molecular weight is 265 g/mol. The van der Waals surface area contributed by atoms with Gasteiger partial charge in [-0.25, -0.2) is 4.98 Å². The number of benzene rings is 1. The number of oxazole rings is 1. The van der Waals surface area contributed by atoms with E-state index in [2.05, 4.69) is 22.4 Å². The zero-order valence-electron chi connectivity index (χ0n) is 10.4. The molecule has 2 bridgehead atoms. The van der Waals surface area contributed by atoms with E-state index in [0.717, 1.165) is 30.1 Å². The third kappa shape index (κ3) is 1.65. The highest BCUT2D eigenvalue weighted by Gasteiger charge is 2.31. The molecule has 5 rings (SSSR count). The van der Waals surface area contributed by atoms with Gasteiger partial charge in [0.15, 0.2) is 11.5 Å². The summed E-state index contributed by atoms with van der Waals surface area (Å²) in [5.74, 6) is 2.11. The predicted molar refractivity (Wildman–Crippen MR) is 73.6 cm³/mol. The largest absolute Gasteiger partial charge is 0.441 e. The minimum atomic E-state index is 0. The Bertz CT molecular complexity index is 540. The molecule has 1 aliphatic carbocycles. The molecule has 2 aromatic rings. The molecule has 2 unspecified atom stereocenters. The molecule has 4 heteroatoms. The van der Waals surface area contributed by atoms with E-state index in [1.54, 1.807) is 0 Å². The minimum Gasteiger partial charge on any atom is -0.441 e. The Labute approximate surface area is 112 Å². The standard InChI is InChI=1S/C14H16N2O.ClH/c1-8-16-13-4-11-9-2-3-10(7-15-6-9)12(11)5-14(13)17-8;/h4-5,9-10,15H,2-3,6-7H2,1H3;1H. The lowest BCUT2D eigenvalue weighted by molar-refractivity contribution is 0.543. The van der Waals surface area contributed by atoms with Crippen LogP contribution >= 0.6 is 12.4 Å². The van der Waals surface area contributed by atoms with Crippen molar-refractivity contribution in [1.82, 2.24) is 10.3 Å². The van der Waals surface area contributed by atoms with Gasteiger partial charge in [0, 0.05) is 20.0 Å². The first-order valence-electron chi connectivity index (χ1n) is 6.43. The van der Waals surface area contributed by atoms with Crippen molar-refractivity contribution in [2.45, 2.75) is 31.6 Å². The van der Waals surface area contributed by atoms with Crippen molar-refractivity contribution in [2.75, 3.05) is 13.1 Å². The van der Waals surface area contributed by atoms with Crippen molar-refractivity contribution in [1.29, 1.82) is 0 Å². The Balaban J connectivity index is 0.000001000. The molecular formula is C14H17ClN2O. The Morgan fingerprint density at radius 3 is 2.56 bits per heavy atom. The summed E-state index contributed by atoms with van der Waals surface area (Å²) in [6.07, 6.45) is 2.62. The summed E-state index contributed by atoms with van der Waals surface area (Å²) in [6, 6.07) is 4.49. The quantitative estimate of drug-likeness (QED) is 0.795. The van der Waals surface area contributed by atoms with Gasteiger partial charge in [-0.3, -0.25) is 0 Å². The highest BCUT2D eigenvalue weighted by atomic mass is 35.5. The van der Waals surface area contributed by atoms with Crippen molar-refractivity contribution >= 4 is 23.5 Å². The second-order valence-corrected chi connectivity index (χ2v) is 5.31. The minimum absolute atomic E-state index is 0. The van der Waals surface area contributed by atoms with E-state index in [9.17, 15) is 0 Å². The van der Waals surface area contributed by atoms with Crippen LogP contribution in [0, 0.1) is 6.92 Å². The number of rotatable bonds is 0. The van der Waals surface area contributed by atoms with Crippen molar-refractivity contribution in [3.8, 4) is 0 Å². The van der Waals surface area contributed by atoms with E-state index in [1.807, 2.05) is 6.92 Å². The summed E-state index contributed by atoms with van der Waals surface area (Å²) < 4.78 is 5.65. The third-order valence-electron chi connectivity index (χ3n) is 4.22. The van der Waals surface area contributed by atoms with Crippen LogP contribution in [0.3, 0.4) is 0 Å². The van der Waals surface area contributed by atoms with Gasteiger partial charge in [0.05, 0.1) is 0 Å². The molecule has 2 aliphatic heterocycles. The highest BCUT2D eigenvalue weighted by Crippen LogP contribution is 2.42. The van der Waals surface area contributed by atoms with Crippen LogP contribution in [-0.2, 0) is 0 Å². The predicted octanol–water partition coefficient (Wildman–Crippen LogP) is 3.12. The molecule has 2 atom stereocenters. The lowest BCUT2D eigenvalue weighted by Crippen LogP contribution is -2.18. The van der Waals surface area contributed by atoms with E-state index < -0.39 is 0 Å². The van der Waals surface area contributed by atoms with Crippen molar-refractivity contribution in [3.63, 3.8) is 0 Å². The van der Waals surface area contributed by atoms with Gasteiger partial charge in [-0.15, -0.1) is 12.4 Å². The molecule has 3 heterocycles. The van der Waals surface area contributed by atoms with E-state index >= 15 is 0 Å². The van der Waals surface area contributed by atoms with Crippen molar-refractivity contribution < 1.29 is 4.42 Å². The number of nitrogens with one attached hydrogen (secondary N) is 1. The molecule has 0 saturated carbocycles. The number of hydrogen-bond acceptors (Lipinski definition) is 3. The molecule has 0 spiro atoms. The van der Waals surface area contributed by atoms with Gasteiger partial charge in [-0.2, -0.15) is 0 Å². The first-order valence-corrected chi connectivity index (χ1v) is 6.43. The molecule has 3 nitrogen and oxygen atoms in total. The normalized spacial score (nSPS) is 25.6. The van der Waals surface area contributed by atoms with E-state index in [1.165, 1.54) is 24.0 Å². The molecule has 1 N–H and O–H groups in total. The Morgan fingerprint density at radius 1 is 1.17 bits per heavy atom. The van der Waals surface area contributed by atoms with Crippen LogP contribution in [0.1, 0.15) is 41.7 Å². The van der Waals surface area contributed by atoms with Gasteiger partial charge < -0.3 is 9.73 Å². The summed E-state index contributed by atoms with van der Waals surface area (Å²) in [6.45, 7) is 4.15. The lowest BCUT2D eigenvalue weighted by atomic mass is 9.78. The summed E-state index contributed by atoms with van der Waals surface area (Å²) in [4.78, 5) is 4.45. The van der Waals surface area contributed by atoms with Crippen LogP contribution < -0.4 is 5.32 Å². The van der Waals surface area contributed by atoms with Crippen molar-refractivity contribution in [3.05, 3.63) is 29.2 Å². The fourth-order valence-electron chi connectivity index (χ4n) is 3.40. The second kappa shape index (κ2) is 4.25. The van der Waals surface area contributed by atoms with Gasteiger partial charge in [-0.05, 0) is 47.9 Å². The van der Waals surface area contributed by atoms with Gasteiger partial charge in [0.25, 0.3) is 0 Å². The first-order chi connectivity index (χ1) is 8.31. The number of aromatic nitrogens is 1.